The summed E-state index contributed by atoms with van der Waals surface area (Å²) < 4.78 is 39.2. The van der Waals surface area contributed by atoms with Crippen LogP contribution in [0, 0.1) is 19.8 Å². The molecule has 3 aromatic heterocycles. The largest absolute Gasteiger partial charge is 0.360 e. The molecular weight excluding hydrogens is 418 g/mol. The van der Waals surface area contributed by atoms with Crippen molar-refractivity contribution in [3.8, 4) is 11.5 Å². The molecule has 1 unspecified atom stereocenters. The number of hydrogen-bond acceptors (Lipinski definition) is 8. The molecule has 0 radical (unpaired) electrons. The van der Waals surface area contributed by atoms with E-state index >= 15 is 0 Å². The van der Waals surface area contributed by atoms with Gasteiger partial charge in [0, 0.05) is 30.9 Å². The van der Waals surface area contributed by atoms with Gasteiger partial charge in [0.05, 0.1) is 5.56 Å². The molecule has 2 aliphatic rings. The van der Waals surface area contributed by atoms with Gasteiger partial charge in [-0.25, -0.2) is 8.42 Å². The summed E-state index contributed by atoms with van der Waals surface area (Å²) in [7, 11) is -3.74. The lowest BCUT2D eigenvalue weighted by Crippen LogP contribution is -2.49. The zero-order chi connectivity index (χ0) is 21.6. The summed E-state index contributed by atoms with van der Waals surface area (Å²) in [6.07, 6.45) is 8.09. The summed E-state index contributed by atoms with van der Waals surface area (Å²) in [6, 6.07) is 3.69. The van der Waals surface area contributed by atoms with Gasteiger partial charge in [0.2, 0.25) is 10.0 Å². The zero-order valence-corrected chi connectivity index (χ0v) is 18.4. The third-order valence-corrected chi connectivity index (χ3v) is 8.38. The highest BCUT2D eigenvalue weighted by Gasteiger charge is 2.48. The van der Waals surface area contributed by atoms with Crippen LogP contribution in [0.5, 0.6) is 0 Å². The second kappa shape index (κ2) is 7.52. The van der Waals surface area contributed by atoms with Gasteiger partial charge in [0.1, 0.15) is 10.6 Å². The Labute approximate surface area is 180 Å². The Bertz CT molecular complexity index is 1170. The first-order chi connectivity index (χ1) is 14.9. The van der Waals surface area contributed by atoms with Crippen LogP contribution in [0.2, 0.25) is 0 Å². The van der Waals surface area contributed by atoms with Crippen molar-refractivity contribution in [2.24, 2.45) is 5.92 Å². The van der Waals surface area contributed by atoms with Crippen LogP contribution < -0.4 is 0 Å². The SMILES string of the molecule is Cc1noc(C)c1S(=O)(=O)N1CCCC(CC2CC2)(c2noc(-c3cccnc3)n2)C1. The first-order valence-electron chi connectivity index (χ1n) is 10.6. The molecule has 1 aliphatic carbocycles. The highest BCUT2D eigenvalue weighted by Crippen LogP contribution is 2.46. The summed E-state index contributed by atoms with van der Waals surface area (Å²) in [5, 5.41) is 8.16. The van der Waals surface area contributed by atoms with Gasteiger partial charge in [-0.2, -0.15) is 9.29 Å². The van der Waals surface area contributed by atoms with Gasteiger partial charge in [-0.3, -0.25) is 4.98 Å². The fourth-order valence-corrected chi connectivity index (χ4v) is 6.48. The fourth-order valence-electron chi connectivity index (χ4n) is 4.63. The van der Waals surface area contributed by atoms with Crippen LogP contribution in [-0.4, -0.2) is 46.1 Å². The van der Waals surface area contributed by atoms with Crippen molar-refractivity contribution in [2.45, 2.75) is 56.3 Å². The van der Waals surface area contributed by atoms with E-state index in [0.29, 0.717) is 42.2 Å². The first kappa shape index (κ1) is 20.3. The van der Waals surface area contributed by atoms with Crippen LogP contribution in [0.15, 0.2) is 38.5 Å². The lowest BCUT2D eigenvalue weighted by molar-refractivity contribution is 0.190. The lowest BCUT2D eigenvalue weighted by Gasteiger charge is -2.40. The predicted octanol–water partition coefficient (Wildman–Crippen LogP) is 3.26. The number of aryl methyl sites for hydroxylation is 2. The summed E-state index contributed by atoms with van der Waals surface area (Å²) >= 11 is 0. The maximum absolute atomic E-state index is 13.5. The number of rotatable bonds is 6. The van der Waals surface area contributed by atoms with E-state index in [9.17, 15) is 8.42 Å². The quantitative estimate of drug-likeness (QED) is 0.570. The average molecular weight is 444 g/mol. The van der Waals surface area contributed by atoms with Crippen molar-refractivity contribution < 1.29 is 17.5 Å². The van der Waals surface area contributed by atoms with Gasteiger partial charge in [0.25, 0.3) is 5.89 Å². The van der Waals surface area contributed by atoms with E-state index in [4.69, 9.17) is 14.0 Å². The van der Waals surface area contributed by atoms with E-state index in [1.165, 1.54) is 0 Å². The van der Waals surface area contributed by atoms with Gasteiger partial charge < -0.3 is 9.05 Å². The van der Waals surface area contributed by atoms with E-state index in [2.05, 4.69) is 15.3 Å². The van der Waals surface area contributed by atoms with Crippen LogP contribution in [0.25, 0.3) is 11.5 Å². The number of nitrogens with zero attached hydrogens (tertiary/aromatic N) is 5. The van der Waals surface area contributed by atoms with Crippen molar-refractivity contribution in [2.75, 3.05) is 13.1 Å². The molecule has 0 amide bonds. The van der Waals surface area contributed by atoms with Crippen molar-refractivity contribution >= 4 is 10.0 Å². The normalized spacial score (nSPS) is 22.6. The second-order valence-electron chi connectivity index (χ2n) is 8.69. The van der Waals surface area contributed by atoms with Gasteiger partial charge in [0.15, 0.2) is 11.6 Å². The van der Waals surface area contributed by atoms with E-state index in [-0.39, 0.29) is 4.90 Å². The topological polar surface area (TPSA) is 115 Å². The molecule has 1 saturated carbocycles. The number of pyridine rings is 1. The van der Waals surface area contributed by atoms with Gasteiger partial charge in [-0.1, -0.05) is 23.2 Å². The maximum Gasteiger partial charge on any atom is 0.259 e. The minimum absolute atomic E-state index is 0.166. The van der Waals surface area contributed by atoms with Crippen molar-refractivity contribution in [1.29, 1.82) is 0 Å². The highest BCUT2D eigenvalue weighted by molar-refractivity contribution is 7.89. The van der Waals surface area contributed by atoms with Gasteiger partial charge in [-0.05, 0) is 51.2 Å². The zero-order valence-electron chi connectivity index (χ0n) is 17.6. The van der Waals surface area contributed by atoms with Crippen LogP contribution in [-0.2, 0) is 15.4 Å². The molecule has 0 bridgehead atoms. The molecule has 4 heterocycles. The average Bonchev–Trinajstić information content (AvgIpc) is 3.29. The van der Waals surface area contributed by atoms with E-state index < -0.39 is 15.4 Å². The van der Waals surface area contributed by atoms with Crippen LogP contribution in [0.1, 0.15) is 49.4 Å². The molecule has 1 saturated heterocycles. The molecule has 0 spiro atoms. The third-order valence-electron chi connectivity index (χ3n) is 6.29. The lowest BCUT2D eigenvalue weighted by atomic mass is 9.75. The predicted molar refractivity (Wildman–Crippen MR) is 111 cm³/mol. The fraction of sp³-hybridized carbons (Fsp3) is 0.524. The molecule has 0 N–H and O–H groups in total. The molecule has 31 heavy (non-hydrogen) atoms. The monoisotopic (exact) mass is 443 g/mol. The molecule has 9 nitrogen and oxygen atoms in total. The van der Waals surface area contributed by atoms with Gasteiger partial charge in [-0.15, -0.1) is 0 Å². The van der Waals surface area contributed by atoms with Gasteiger partial charge >= 0.3 is 0 Å². The molecule has 1 atom stereocenters. The first-order valence-corrected chi connectivity index (χ1v) is 12.0. The van der Waals surface area contributed by atoms with E-state index in [0.717, 1.165) is 37.7 Å². The minimum atomic E-state index is -3.74. The second-order valence-corrected chi connectivity index (χ2v) is 10.6. The Balaban J connectivity index is 1.51. The van der Waals surface area contributed by atoms with Crippen LogP contribution in [0.3, 0.4) is 0 Å². The van der Waals surface area contributed by atoms with Crippen LogP contribution in [0.4, 0.5) is 0 Å². The Morgan fingerprint density at radius 2 is 2.06 bits per heavy atom. The Hall–Kier alpha value is -2.59. The number of aromatic nitrogens is 4. The van der Waals surface area contributed by atoms with Crippen molar-refractivity contribution in [3.05, 3.63) is 41.8 Å². The van der Waals surface area contributed by atoms with Crippen molar-refractivity contribution in [1.82, 2.24) is 24.6 Å². The molecule has 2 fully saturated rings. The van der Waals surface area contributed by atoms with Crippen LogP contribution >= 0.6 is 0 Å². The molecule has 5 rings (SSSR count). The minimum Gasteiger partial charge on any atom is -0.360 e. The number of hydrogen-bond donors (Lipinski definition) is 0. The number of sulfonamides is 1. The number of piperidine rings is 1. The standard InChI is InChI=1S/C21H25N5O4S/c1-14-18(15(2)29-24-14)31(27,28)26-10-4-8-21(13-26,11-16-6-7-16)20-23-19(30-25-20)17-5-3-9-22-12-17/h3,5,9,12,16H,4,6-8,10-11,13H2,1-2H3. The molecule has 1 aliphatic heterocycles. The summed E-state index contributed by atoms with van der Waals surface area (Å²) in [5.41, 5.74) is 0.656. The molecular formula is C21H25N5O4S. The molecule has 10 heteroatoms. The highest BCUT2D eigenvalue weighted by atomic mass is 32.2. The maximum atomic E-state index is 13.5. The summed E-state index contributed by atoms with van der Waals surface area (Å²) in [5.74, 6) is 1.87. The summed E-state index contributed by atoms with van der Waals surface area (Å²) in [6.45, 7) is 4.06. The van der Waals surface area contributed by atoms with E-state index in [1.54, 1.807) is 30.5 Å². The molecule has 164 valence electrons. The Morgan fingerprint density at radius 3 is 2.74 bits per heavy atom. The smallest absolute Gasteiger partial charge is 0.259 e. The Kier molecular flexibility index (Phi) is 4.93. The molecule has 0 aromatic carbocycles. The van der Waals surface area contributed by atoms with E-state index in [1.807, 2.05) is 12.1 Å². The Morgan fingerprint density at radius 1 is 1.23 bits per heavy atom. The van der Waals surface area contributed by atoms with Crippen molar-refractivity contribution in [3.63, 3.8) is 0 Å². The summed E-state index contributed by atoms with van der Waals surface area (Å²) in [4.78, 5) is 8.98. The molecule has 3 aromatic rings. The third kappa shape index (κ3) is 3.67.